The van der Waals surface area contributed by atoms with Gasteiger partial charge in [0.15, 0.2) is 0 Å². The number of carboxylic acid groups (broad SMARTS) is 1. The van der Waals surface area contributed by atoms with Crippen molar-refractivity contribution in [1.82, 2.24) is 15.1 Å². The summed E-state index contributed by atoms with van der Waals surface area (Å²) in [4.78, 5) is 35.4. The molecule has 20 heavy (non-hydrogen) atoms. The van der Waals surface area contributed by atoms with Gasteiger partial charge in [0.1, 0.15) is 12.6 Å². The van der Waals surface area contributed by atoms with E-state index in [1.807, 2.05) is 0 Å². The number of rotatable bonds is 3. The fourth-order valence-electron chi connectivity index (χ4n) is 1.87. The van der Waals surface area contributed by atoms with E-state index in [2.05, 4.69) is 5.32 Å². The molecule has 10 heteroatoms. The van der Waals surface area contributed by atoms with Crippen molar-refractivity contribution in [2.24, 2.45) is 0 Å². The van der Waals surface area contributed by atoms with E-state index in [1.165, 1.54) is 0 Å². The first kappa shape index (κ1) is 16.1. The fourth-order valence-corrected chi connectivity index (χ4v) is 1.87. The van der Waals surface area contributed by atoms with E-state index in [9.17, 15) is 27.6 Å². The predicted octanol–water partition coefficient (Wildman–Crippen LogP) is -0.124. The van der Waals surface area contributed by atoms with Crippen LogP contribution in [0.3, 0.4) is 0 Å². The van der Waals surface area contributed by atoms with Gasteiger partial charge in [0.25, 0.3) is 0 Å². The molecule has 1 fully saturated rings. The lowest BCUT2D eigenvalue weighted by Crippen LogP contribution is -2.60. The highest BCUT2D eigenvalue weighted by molar-refractivity contribution is 5.91. The fraction of sp³-hybridized carbons (Fsp3) is 0.700. The van der Waals surface area contributed by atoms with Crippen LogP contribution in [-0.4, -0.2) is 71.7 Å². The van der Waals surface area contributed by atoms with Crippen molar-refractivity contribution in [1.29, 1.82) is 0 Å². The third-order valence-corrected chi connectivity index (χ3v) is 2.69. The molecule has 1 unspecified atom stereocenters. The normalized spacial score (nSPS) is 19.5. The lowest BCUT2D eigenvalue weighted by atomic mass is 10.1. The molecular weight excluding hydrogens is 283 g/mol. The van der Waals surface area contributed by atoms with Crippen LogP contribution in [0.4, 0.5) is 18.0 Å². The van der Waals surface area contributed by atoms with Gasteiger partial charge in [0.05, 0.1) is 6.42 Å². The van der Waals surface area contributed by atoms with Gasteiger partial charge in [-0.15, -0.1) is 0 Å². The molecule has 1 rings (SSSR count). The maximum atomic E-state index is 12.2. The molecular formula is C10H14F3N3O4. The summed E-state index contributed by atoms with van der Waals surface area (Å²) < 4.78 is 36.7. The molecule has 0 radical (unpaired) electrons. The van der Waals surface area contributed by atoms with Crippen molar-refractivity contribution in [2.75, 3.05) is 26.7 Å². The van der Waals surface area contributed by atoms with Crippen LogP contribution in [-0.2, 0) is 9.59 Å². The number of carboxylic acids is 1. The quantitative estimate of drug-likeness (QED) is 0.759. The second-order valence-electron chi connectivity index (χ2n) is 4.35. The molecule has 114 valence electrons. The minimum absolute atomic E-state index is 0.0370. The number of carbonyl (C=O) groups excluding carboxylic acids is 2. The van der Waals surface area contributed by atoms with Gasteiger partial charge in [-0.3, -0.25) is 9.59 Å². The summed E-state index contributed by atoms with van der Waals surface area (Å²) in [6.07, 6.45) is -5.22. The van der Waals surface area contributed by atoms with Gasteiger partial charge in [-0.05, 0) is 0 Å². The van der Waals surface area contributed by atoms with E-state index in [0.29, 0.717) is 4.90 Å². The number of alkyl halides is 3. The number of hydrogen-bond acceptors (Lipinski definition) is 3. The van der Waals surface area contributed by atoms with Gasteiger partial charge in [0.2, 0.25) is 5.91 Å². The Hall–Kier alpha value is -2.00. The van der Waals surface area contributed by atoms with Crippen LogP contribution in [0.2, 0.25) is 0 Å². The third-order valence-electron chi connectivity index (χ3n) is 2.69. The number of nitrogens with one attached hydrogen (secondary N) is 1. The van der Waals surface area contributed by atoms with E-state index in [0.717, 1.165) is 11.9 Å². The Kier molecular flexibility index (Phi) is 4.79. The van der Waals surface area contributed by atoms with Crippen LogP contribution in [0.25, 0.3) is 0 Å². The van der Waals surface area contributed by atoms with Crippen molar-refractivity contribution >= 4 is 17.9 Å². The first-order chi connectivity index (χ1) is 9.11. The van der Waals surface area contributed by atoms with Gasteiger partial charge in [-0.1, -0.05) is 0 Å². The number of halogens is 3. The molecule has 7 nitrogen and oxygen atoms in total. The molecule has 1 heterocycles. The van der Waals surface area contributed by atoms with E-state index in [4.69, 9.17) is 5.11 Å². The summed E-state index contributed by atoms with van der Waals surface area (Å²) in [5.74, 6) is -2.00. The number of hydrogen-bond donors (Lipinski definition) is 2. The van der Waals surface area contributed by atoms with Gasteiger partial charge in [0, 0.05) is 20.1 Å². The standard InChI is InChI=1S/C10H14F3N3O4/c1-15(5-10(11,12)13)9(20)16-3-2-14-8(19)6(16)4-7(17)18/h6H,2-5H2,1H3,(H,14,19)(H,17,18). The second-order valence-corrected chi connectivity index (χ2v) is 4.35. The monoisotopic (exact) mass is 297 g/mol. The SMILES string of the molecule is CN(CC(F)(F)F)C(=O)N1CCNC(=O)C1CC(=O)O. The average Bonchev–Trinajstić information content (AvgIpc) is 2.28. The Balaban J connectivity index is 2.81. The largest absolute Gasteiger partial charge is 0.481 e. The smallest absolute Gasteiger partial charge is 0.406 e. The molecule has 2 N–H and O–H groups in total. The zero-order chi connectivity index (χ0) is 15.5. The molecule has 1 aliphatic rings. The first-order valence-corrected chi connectivity index (χ1v) is 5.70. The van der Waals surface area contributed by atoms with Crippen molar-refractivity contribution in [3.8, 4) is 0 Å². The molecule has 3 amide bonds. The molecule has 0 spiro atoms. The Morgan fingerprint density at radius 2 is 2.10 bits per heavy atom. The zero-order valence-corrected chi connectivity index (χ0v) is 10.6. The minimum Gasteiger partial charge on any atom is -0.481 e. The van der Waals surface area contributed by atoms with Gasteiger partial charge in [-0.2, -0.15) is 13.2 Å². The highest BCUT2D eigenvalue weighted by Gasteiger charge is 2.38. The molecule has 1 aliphatic heterocycles. The van der Waals surface area contributed by atoms with Crippen molar-refractivity contribution in [2.45, 2.75) is 18.6 Å². The highest BCUT2D eigenvalue weighted by Crippen LogP contribution is 2.18. The minimum atomic E-state index is -4.56. The van der Waals surface area contributed by atoms with E-state index in [1.54, 1.807) is 0 Å². The molecule has 0 aromatic carbocycles. The van der Waals surface area contributed by atoms with Crippen LogP contribution in [0.15, 0.2) is 0 Å². The number of urea groups is 1. The molecule has 0 aromatic heterocycles. The lowest BCUT2D eigenvalue weighted by Gasteiger charge is -2.36. The topological polar surface area (TPSA) is 90.0 Å². The number of carbonyl (C=O) groups is 3. The summed E-state index contributed by atoms with van der Waals surface area (Å²) in [6.45, 7) is -1.44. The summed E-state index contributed by atoms with van der Waals surface area (Å²) in [7, 11) is 0.945. The maximum Gasteiger partial charge on any atom is 0.406 e. The van der Waals surface area contributed by atoms with Crippen LogP contribution >= 0.6 is 0 Å². The number of amides is 3. The van der Waals surface area contributed by atoms with Crippen molar-refractivity contribution < 1.29 is 32.7 Å². The first-order valence-electron chi connectivity index (χ1n) is 5.70. The van der Waals surface area contributed by atoms with Crippen LogP contribution in [0, 0.1) is 0 Å². The molecule has 0 aliphatic carbocycles. The van der Waals surface area contributed by atoms with Crippen molar-refractivity contribution in [3.05, 3.63) is 0 Å². The van der Waals surface area contributed by atoms with Crippen molar-refractivity contribution in [3.63, 3.8) is 0 Å². The summed E-state index contributed by atoms with van der Waals surface area (Å²) in [6, 6.07) is -2.33. The highest BCUT2D eigenvalue weighted by atomic mass is 19.4. The van der Waals surface area contributed by atoms with Gasteiger partial charge < -0.3 is 20.2 Å². The van der Waals surface area contributed by atoms with Crippen LogP contribution < -0.4 is 5.32 Å². The summed E-state index contributed by atoms with van der Waals surface area (Å²) in [5.41, 5.74) is 0. The number of piperazine rings is 1. The zero-order valence-electron chi connectivity index (χ0n) is 10.6. The molecule has 1 atom stereocenters. The van der Waals surface area contributed by atoms with E-state index in [-0.39, 0.29) is 13.1 Å². The summed E-state index contributed by atoms with van der Waals surface area (Å²) >= 11 is 0. The molecule has 0 saturated carbocycles. The van der Waals surface area contributed by atoms with Gasteiger partial charge >= 0.3 is 18.2 Å². The number of nitrogens with zero attached hydrogens (tertiary/aromatic N) is 2. The molecule has 0 bridgehead atoms. The van der Waals surface area contributed by atoms with E-state index < -0.39 is 43.1 Å². The predicted molar refractivity (Wildman–Crippen MR) is 59.8 cm³/mol. The lowest BCUT2D eigenvalue weighted by molar-refractivity contribution is -0.144. The van der Waals surface area contributed by atoms with E-state index >= 15 is 0 Å². The molecule has 0 aromatic rings. The average molecular weight is 297 g/mol. The van der Waals surface area contributed by atoms with Gasteiger partial charge in [-0.25, -0.2) is 4.79 Å². The Labute approximate surface area is 112 Å². The number of aliphatic carboxylic acids is 1. The summed E-state index contributed by atoms with van der Waals surface area (Å²) in [5, 5.41) is 11.1. The van der Waals surface area contributed by atoms with Crippen LogP contribution in [0.1, 0.15) is 6.42 Å². The second kappa shape index (κ2) is 5.97. The Morgan fingerprint density at radius 3 is 2.60 bits per heavy atom. The Morgan fingerprint density at radius 1 is 1.50 bits per heavy atom. The third kappa shape index (κ3) is 4.28. The van der Waals surface area contributed by atoms with Crippen LogP contribution in [0.5, 0.6) is 0 Å². The maximum absolute atomic E-state index is 12.2. The Bertz CT molecular complexity index is 413. The molecule has 1 saturated heterocycles.